The van der Waals surface area contributed by atoms with E-state index < -0.39 is 5.91 Å². The van der Waals surface area contributed by atoms with E-state index in [1.54, 1.807) is 30.3 Å². The second-order valence-corrected chi connectivity index (χ2v) is 4.18. The Balaban J connectivity index is 2.12. The molecule has 1 heterocycles. The van der Waals surface area contributed by atoms with E-state index in [-0.39, 0.29) is 23.8 Å². The van der Waals surface area contributed by atoms with Gasteiger partial charge >= 0.3 is 0 Å². The Morgan fingerprint density at radius 3 is 2.62 bits per heavy atom. The zero-order valence-corrected chi connectivity index (χ0v) is 11.7. The number of nitrogens with one attached hydrogen (secondary N) is 1. The third kappa shape index (κ3) is 3.47. The van der Waals surface area contributed by atoms with Crippen molar-refractivity contribution < 1.29 is 18.7 Å². The van der Waals surface area contributed by atoms with Crippen molar-refractivity contribution in [2.75, 3.05) is 14.2 Å². The van der Waals surface area contributed by atoms with Gasteiger partial charge in [-0.05, 0) is 12.1 Å². The number of amides is 1. The van der Waals surface area contributed by atoms with Gasteiger partial charge in [0, 0.05) is 18.2 Å². The van der Waals surface area contributed by atoms with Crippen molar-refractivity contribution in [3.8, 4) is 11.8 Å². The number of halogens is 1. The SMILES string of the molecule is COc1ccc(C(=O)NCc2ccccc2F)c(OC)n1. The molecule has 0 unspecified atom stereocenters. The van der Waals surface area contributed by atoms with Gasteiger partial charge in [0.05, 0.1) is 14.2 Å². The van der Waals surface area contributed by atoms with Crippen LogP contribution in [0.15, 0.2) is 36.4 Å². The zero-order chi connectivity index (χ0) is 15.2. The van der Waals surface area contributed by atoms with Gasteiger partial charge in [-0.25, -0.2) is 4.39 Å². The largest absolute Gasteiger partial charge is 0.481 e. The number of benzene rings is 1. The summed E-state index contributed by atoms with van der Waals surface area (Å²) < 4.78 is 23.5. The molecule has 0 saturated heterocycles. The number of ether oxygens (including phenoxy) is 2. The van der Waals surface area contributed by atoms with E-state index in [2.05, 4.69) is 10.3 Å². The number of aromatic nitrogens is 1. The van der Waals surface area contributed by atoms with Crippen LogP contribution in [-0.2, 0) is 6.54 Å². The standard InChI is InChI=1S/C15H15FN2O3/c1-20-13-8-7-11(15(18-13)21-2)14(19)17-9-10-5-3-4-6-12(10)16/h3-8H,9H2,1-2H3,(H,17,19). The van der Waals surface area contributed by atoms with Crippen LogP contribution in [0, 0.1) is 5.82 Å². The summed E-state index contributed by atoms with van der Waals surface area (Å²) >= 11 is 0. The Bertz CT molecular complexity index is 647. The van der Waals surface area contributed by atoms with E-state index in [9.17, 15) is 9.18 Å². The van der Waals surface area contributed by atoms with Gasteiger partial charge in [-0.15, -0.1) is 0 Å². The van der Waals surface area contributed by atoms with E-state index in [0.29, 0.717) is 11.4 Å². The van der Waals surface area contributed by atoms with E-state index in [4.69, 9.17) is 9.47 Å². The first kappa shape index (κ1) is 14.8. The van der Waals surface area contributed by atoms with Gasteiger partial charge in [-0.2, -0.15) is 4.98 Å². The van der Waals surface area contributed by atoms with Crippen LogP contribution in [-0.4, -0.2) is 25.1 Å². The molecule has 110 valence electrons. The third-order valence-corrected chi connectivity index (χ3v) is 2.88. The van der Waals surface area contributed by atoms with Gasteiger partial charge in [0.1, 0.15) is 11.4 Å². The number of pyridine rings is 1. The molecule has 5 nitrogen and oxygen atoms in total. The van der Waals surface area contributed by atoms with Crippen LogP contribution < -0.4 is 14.8 Å². The van der Waals surface area contributed by atoms with Gasteiger partial charge in [0.25, 0.3) is 5.91 Å². The molecule has 0 aliphatic rings. The maximum Gasteiger partial charge on any atom is 0.257 e. The summed E-state index contributed by atoms with van der Waals surface area (Å²) in [5.74, 6) is -0.263. The molecule has 0 bridgehead atoms. The number of rotatable bonds is 5. The Kier molecular flexibility index (Phi) is 4.71. The van der Waals surface area contributed by atoms with Crippen LogP contribution >= 0.6 is 0 Å². The molecule has 1 amide bonds. The molecular formula is C15H15FN2O3. The average Bonchev–Trinajstić information content (AvgIpc) is 2.53. The summed E-state index contributed by atoms with van der Waals surface area (Å²) in [6.07, 6.45) is 0. The lowest BCUT2D eigenvalue weighted by Gasteiger charge is -2.10. The lowest BCUT2D eigenvalue weighted by atomic mass is 10.2. The molecule has 0 atom stereocenters. The maximum atomic E-state index is 13.5. The first-order valence-corrected chi connectivity index (χ1v) is 6.26. The van der Waals surface area contributed by atoms with Gasteiger partial charge in [0.2, 0.25) is 11.8 Å². The highest BCUT2D eigenvalue weighted by Gasteiger charge is 2.15. The van der Waals surface area contributed by atoms with Gasteiger partial charge < -0.3 is 14.8 Å². The lowest BCUT2D eigenvalue weighted by molar-refractivity contribution is 0.0946. The Labute approximate surface area is 121 Å². The van der Waals surface area contributed by atoms with Crippen molar-refractivity contribution in [1.82, 2.24) is 10.3 Å². The highest BCUT2D eigenvalue weighted by atomic mass is 19.1. The summed E-state index contributed by atoms with van der Waals surface area (Å²) in [6, 6.07) is 9.36. The minimum Gasteiger partial charge on any atom is -0.481 e. The fraction of sp³-hybridized carbons (Fsp3) is 0.200. The predicted octanol–water partition coefficient (Wildman–Crippen LogP) is 2.17. The van der Waals surface area contributed by atoms with Crippen molar-refractivity contribution in [1.29, 1.82) is 0 Å². The zero-order valence-electron chi connectivity index (χ0n) is 11.7. The molecule has 0 radical (unpaired) electrons. The number of carbonyl (C=O) groups is 1. The van der Waals surface area contributed by atoms with Crippen LogP contribution in [0.5, 0.6) is 11.8 Å². The number of carbonyl (C=O) groups excluding carboxylic acids is 1. The van der Waals surface area contributed by atoms with Crippen LogP contribution in [0.3, 0.4) is 0 Å². The molecular weight excluding hydrogens is 275 g/mol. The number of nitrogens with zero attached hydrogens (tertiary/aromatic N) is 1. The molecule has 1 aromatic carbocycles. The second kappa shape index (κ2) is 6.69. The topological polar surface area (TPSA) is 60.5 Å². The van der Waals surface area contributed by atoms with Crippen LogP contribution in [0.4, 0.5) is 4.39 Å². The summed E-state index contributed by atoms with van der Waals surface area (Å²) in [4.78, 5) is 16.1. The minimum atomic E-state index is -0.398. The molecule has 0 spiro atoms. The highest BCUT2D eigenvalue weighted by Crippen LogP contribution is 2.19. The molecule has 2 aromatic rings. The van der Waals surface area contributed by atoms with Crippen molar-refractivity contribution in [3.63, 3.8) is 0 Å². The van der Waals surface area contributed by atoms with Gasteiger partial charge in [-0.3, -0.25) is 4.79 Å². The number of methoxy groups -OCH3 is 2. The Morgan fingerprint density at radius 2 is 1.95 bits per heavy atom. The molecule has 0 aliphatic carbocycles. The normalized spacial score (nSPS) is 10.0. The van der Waals surface area contributed by atoms with Crippen LogP contribution in [0.2, 0.25) is 0 Å². The summed E-state index contributed by atoms with van der Waals surface area (Å²) in [7, 11) is 2.88. The molecule has 0 fully saturated rings. The van der Waals surface area contributed by atoms with Gasteiger partial charge in [0.15, 0.2) is 0 Å². The number of hydrogen-bond acceptors (Lipinski definition) is 4. The summed E-state index contributed by atoms with van der Waals surface area (Å²) in [6.45, 7) is 0.0840. The Hall–Kier alpha value is -2.63. The predicted molar refractivity (Wildman–Crippen MR) is 74.9 cm³/mol. The molecule has 6 heteroatoms. The molecule has 21 heavy (non-hydrogen) atoms. The first-order chi connectivity index (χ1) is 10.2. The maximum absolute atomic E-state index is 13.5. The van der Waals surface area contributed by atoms with Crippen molar-refractivity contribution in [2.45, 2.75) is 6.54 Å². The smallest absolute Gasteiger partial charge is 0.257 e. The molecule has 0 aliphatic heterocycles. The Morgan fingerprint density at radius 1 is 1.19 bits per heavy atom. The fourth-order valence-electron chi connectivity index (χ4n) is 1.78. The number of hydrogen-bond donors (Lipinski definition) is 1. The van der Waals surface area contributed by atoms with E-state index in [0.717, 1.165) is 0 Å². The average molecular weight is 290 g/mol. The minimum absolute atomic E-state index is 0.0840. The fourth-order valence-corrected chi connectivity index (χ4v) is 1.78. The van der Waals surface area contributed by atoms with E-state index >= 15 is 0 Å². The molecule has 1 N–H and O–H groups in total. The third-order valence-electron chi connectivity index (χ3n) is 2.88. The molecule has 0 saturated carbocycles. The van der Waals surface area contributed by atoms with Crippen LogP contribution in [0.1, 0.15) is 15.9 Å². The van der Waals surface area contributed by atoms with Crippen LogP contribution in [0.25, 0.3) is 0 Å². The van der Waals surface area contributed by atoms with E-state index in [1.807, 2.05) is 0 Å². The summed E-state index contributed by atoms with van der Waals surface area (Å²) in [5, 5.41) is 2.63. The summed E-state index contributed by atoms with van der Waals surface area (Å²) in [5.41, 5.74) is 0.668. The van der Waals surface area contributed by atoms with Gasteiger partial charge in [-0.1, -0.05) is 18.2 Å². The highest BCUT2D eigenvalue weighted by molar-refractivity contribution is 5.96. The van der Waals surface area contributed by atoms with E-state index in [1.165, 1.54) is 20.3 Å². The first-order valence-electron chi connectivity index (χ1n) is 6.26. The monoisotopic (exact) mass is 290 g/mol. The van der Waals surface area contributed by atoms with Crippen molar-refractivity contribution >= 4 is 5.91 Å². The lowest BCUT2D eigenvalue weighted by Crippen LogP contribution is -2.24. The molecule has 2 rings (SSSR count). The second-order valence-electron chi connectivity index (χ2n) is 4.18. The molecule has 1 aromatic heterocycles. The quantitative estimate of drug-likeness (QED) is 0.916. The van der Waals surface area contributed by atoms with Crippen molar-refractivity contribution in [3.05, 3.63) is 53.3 Å². The van der Waals surface area contributed by atoms with Crippen molar-refractivity contribution in [2.24, 2.45) is 0 Å².